The smallest absolute Gasteiger partial charge is 0.246 e. The lowest BCUT2D eigenvalue weighted by Crippen LogP contribution is -2.68. The number of sulfone groups is 1. The van der Waals surface area contributed by atoms with Gasteiger partial charge in [0, 0.05) is 12.8 Å². The maximum atomic E-state index is 12.7. The van der Waals surface area contributed by atoms with Crippen LogP contribution in [0.1, 0.15) is 34.6 Å². The van der Waals surface area contributed by atoms with E-state index in [1.54, 1.807) is 0 Å². The Kier molecular flexibility index (Phi) is 5.08. The Morgan fingerprint density at radius 3 is 2.14 bits per heavy atom. The average Bonchev–Trinajstić information content (AvgIpc) is 2.26. The highest BCUT2D eigenvalue weighted by molar-refractivity contribution is 7.90. The lowest BCUT2D eigenvalue weighted by Gasteiger charge is -2.44. The third-order valence-electron chi connectivity index (χ3n) is 3.62. The maximum absolute atomic E-state index is 12.7. The summed E-state index contributed by atoms with van der Waals surface area (Å²) in [7, 11) is -3.19. The average molecular weight is 318 g/mol. The highest BCUT2D eigenvalue weighted by Gasteiger charge is 2.46. The van der Waals surface area contributed by atoms with E-state index in [4.69, 9.17) is 0 Å². The molecular weight excluding hydrogens is 292 g/mol. The van der Waals surface area contributed by atoms with E-state index in [0.717, 1.165) is 6.26 Å². The van der Waals surface area contributed by atoms with Crippen LogP contribution in [0.4, 0.5) is 0 Å². The summed E-state index contributed by atoms with van der Waals surface area (Å²) in [6.07, 6.45) is 1.13. The van der Waals surface area contributed by atoms with Crippen LogP contribution in [0.3, 0.4) is 0 Å². The van der Waals surface area contributed by atoms with Gasteiger partial charge in [-0.05, 0) is 11.3 Å². The molecule has 0 spiro atoms. The van der Waals surface area contributed by atoms with Gasteiger partial charge in [-0.3, -0.25) is 9.59 Å². The van der Waals surface area contributed by atoms with Gasteiger partial charge < -0.3 is 10.2 Å². The Labute approximate surface area is 127 Å². The Hall–Kier alpha value is -1.11. The fourth-order valence-corrected chi connectivity index (χ4v) is 3.03. The van der Waals surface area contributed by atoms with Crippen molar-refractivity contribution < 1.29 is 18.0 Å². The third-order valence-corrected chi connectivity index (χ3v) is 4.55. The molecule has 0 radical (unpaired) electrons. The van der Waals surface area contributed by atoms with E-state index >= 15 is 0 Å². The van der Waals surface area contributed by atoms with Gasteiger partial charge in [0.25, 0.3) is 0 Å². The minimum absolute atomic E-state index is 0.0561. The van der Waals surface area contributed by atoms with Gasteiger partial charge in [-0.15, -0.1) is 0 Å². The monoisotopic (exact) mass is 318 g/mol. The third kappa shape index (κ3) is 4.43. The SMILES string of the molecule is CC(C)C1C(=O)NC(C(C)(C)C)C(=O)N1CCS(C)(=O)=O. The van der Waals surface area contributed by atoms with Crippen LogP contribution in [-0.4, -0.2) is 55.8 Å². The normalized spacial score (nSPS) is 24.4. The first kappa shape index (κ1) is 17.9. The topological polar surface area (TPSA) is 83.6 Å². The molecule has 122 valence electrons. The predicted molar refractivity (Wildman–Crippen MR) is 81.4 cm³/mol. The number of carbonyl (C=O) groups is 2. The van der Waals surface area contributed by atoms with Crippen molar-refractivity contribution in [3.05, 3.63) is 0 Å². The zero-order valence-electron chi connectivity index (χ0n) is 13.6. The van der Waals surface area contributed by atoms with Crippen LogP contribution in [0.2, 0.25) is 0 Å². The highest BCUT2D eigenvalue weighted by atomic mass is 32.2. The molecule has 21 heavy (non-hydrogen) atoms. The van der Waals surface area contributed by atoms with Gasteiger partial charge in [-0.25, -0.2) is 8.42 Å². The Bertz CT molecular complexity index is 520. The van der Waals surface area contributed by atoms with Gasteiger partial charge >= 0.3 is 0 Å². The van der Waals surface area contributed by atoms with Crippen LogP contribution in [0.5, 0.6) is 0 Å². The highest BCUT2D eigenvalue weighted by Crippen LogP contribution is 2.27. The number of nitrogens with zero attached hydrogens (tertiary/aromatic N) is 1. The number of amides is 2. The van der Waals surface area contributed by atoms with Gasteiger partial charge in [0.15, 0.2) is 0 Å². The molecule has 2 atom stereocenters. The van der Waals surface area contributed by atoms with Gasteiger partial charge in [0.1, 0.15) is 21.9 Å². The quantitative estimate of drug-likeness (QED) is 0.815. The van der Waals surface area contributed by atoms with Crippen LogP contribution in [-0.2, 0) is 19.4 Å². The molecule has 1 heterocycles. The molecular formula is C14H26N2O4S. The molecule has 1 rings (SSSR count). The molecule has 1 saturated heterocycles. The second-order valence-corrected chi connectivity index (χ2v) is 9.42. The number of hydrogen-bond acceptors (Lipinski definition) is 4. The van der Waals surface area contributed by atoms with E-state index in [9.17, 15) is 18.0 Å². The number of carbonyl (C=O) groups excluding carboxylic acids is 2. The molecule has 6 nitrogen and oxygen atoms in total. The largest absolute Gasteiger partial charge is 0.342 e. The fourth-order valence-electron chi connectivity index (χ4n) is 2.50. The van der Waals surface area contributed by atoms with E-state index in [2.05, 4.69) is 5.32 Å². The van der Waals surface area contributed by atoms with Crippen LogP contribution in [0, 0.1) is 11.3 Å². The first-order valence-corrected chi connectivity index (χ1v) is 9.19. The summed E-state index contributed by atoms with van der Waals surface area (Å²) in [4.78, 5) is 26.4. The molecule has 0 aromatic rings. The summed E-state index contributed by atoms with van der Waals surface area (Å²) in [6.45, 7) is 9.38. The maximum Gasteiger partial charge on any atom is 0.246 e. The van der Waals surface area contributed by atoms with Crippen molar-refractivity contribution in [3.8, 4) is 0 Å². The molecule has 2 unspecified atom stereocenters. The summed E-state index contributed by atoms with van der Waals surface area (Å²) in [5.41, 5.74) is -0.419. The van der Waals surface area contributed by atoms with Crippen molar-refractivity contribution in [2.45, 2.75) is 46.7 Å². The van der Waals surface area contributed by atoms with Gasteiger partial charge in [0.2, 0.25) is 11.8 Å². The van der Waals surface area contributed by atoms with Crippen LogP contribution in [0.15, 0.2) is 0 Å². The molecule has 7 heteroatoms. The van der Waals surface area contributed by atoms with E-state index in [-0.39, 0.29) is 30.0 Å². The van der Waals surface area contributed by atoms with Gasteiger partial charge in [-0.2, -0.15) is 0 Å². The van der Waals surface area contributed by atoms with E-state index in [0.29, 0.717) is 0 Å². The number of hydrogen-bond donors (Lipinski definition) is 1. The minimum Gasteiger partial charge on any atom is -0.342 e. The van der Waals surface area contributed by atoms with Crippen LogP contribution >= 0.6 is 0 Å². The fraction of sp³-hybridized carbons (Fsp3) is 0.857. The molecule has 0 aliphatic carbocycles. The Balaban J connectivity index is 3.09. The molecule has 0 bridgehead atoms. The van der Waals surface area contributed by atoms with Gasteiger partial charge in [-0.1, -0.05) is 34.6 Å². The molecule has 1 N–H and O–H groups in total. The molecule has 1 aliphatic rings. The lowest BCUT2D eigenvalue weighted by molar-refractivity contribution is -0.153. The van der Waals surface area contributed by atoms with E-state index in [1.807, 2.05) is 34.6 Å². The molecule has 0 saturated carbocycles. The summed E-state index contributed by atoms with van der Waals surface area (Å²) >= 11 is 0. The first-order chi connectivity index (χ1) is 9.34. The summed E-state index contributed by atoms with van der Waals surface area (Å²) in [6, 6.07) is -1.24. The number of nitrogens with one attached hydrogen (secondary N) is 1. The summed E-state index contributed by atoms with van der Waals surface area (Å²) < 4.78 is 22.8. The van der Waals surface area contributed by atoms with Crippen LogP contribution in [0.25, 0.3) is 0 Å². The van der Waals surface area contributed by atoms with Crippen molar-refractivity contribution in [1.82, 2.24) is 10.2 Å². The van der Waals surface area contributed by atoms with Crippen molar-refractivity contribution in [1.29, 1.82) is 0 Å². The van der Waals surface area contributed by atoms with Gasteiger partial charge in [0.05, 0.1) is 5.75 Å². The molecule has 0 aromatic heterocycles. The Morgan fingerprint density at radius 1 is 1.24 bits per heavy atom. The van der Waals surface area contributed by atoms with Crippen molar-refractivity contribution in [2.75, 3.05) is 18.6 Å². The second kappa shape index (κ2) is 5.94. The van der Waals surface area contributed by atoms with Crippen molar-refractivity contribution in [3.63, 3.8) is 0 Å². The van der Waals surface area contributed by atoms with Crippen LogP contribution < -0.4 is 5.32 Å². The second-order valence-electron chi connectivity index (χ2n) is 7.16. The molecule has 1 fully saturated rings. The zero-order chi connectivity index (χ0) is 16.6. The lowest BCUT2D eigenvalue weighted by atomic mass is 9.83. The van der Waals surface area contributed by atoms with Crippen molar-refractivity contribution >= 4 is 21.7 Å². The number of rotatable bonds is 4. The van der Waals surface area contributed by atoms with E-state index < -0.39 is 27.3 Å². The summed E-state index contributed by atoms with van der Waals surface area (Å²) in [5.74, 6) is -0.622. The molecule has 1 aliphatic heterocycles. The molecule has 0 aromatic carbocycles. The minimum atomic E-state index is -3.19. The summed E-state index contributed by atoms with van der Waals surface area (Å²) in [5, 5.41) is 2.79. The predicted octanol–water partition coefficient (Wildman–Crippen LogP) is 0.429. The first-order valence-electron chi connectivity index (χ1n) is 7.13. The van der Waals surface area contributed by atoms with E-state index in [1.165, 1.54) is 4.90 Å². The Morgan fingerprint density at radius 2 is 1.76 bits per heavy atom. The number of piperazine rings is 1. The van der Waals surface area contributed by atoms with Crippen molar-refractivity contribution in [2.24, 2.45) is 11.3 Å². The standard InChI is InChI=1S/C14H26N2O4S/c1-9(2)10-12(17)15-11(14(3,4)5)13(18)16(10)7-8-21(6,19)20/h9-11H,7-8H2,1-6H3,(H,15,17). The molecule has 2 amide bonds. The zero-order valence-corrected chi connectivity index (χ0v) is 14.5.